The molecule has 0 saturated heterocycles. The van der Waals surface area contributed by atoms with Crippen molar-refractivity contribution in [3.63, 3.8) is 0 Å². The highest BCUT2D eigenvalue weighted by Gasteiger charge is 2.35. The van der Waals surface area contributed by atoms with Gasteiger partial charge >= 0.3 is 0 Å². The summed E-state index contributed by atoms with van der Waals surface area (Å²) in [7, 11) is 4.25. The average Bonchev–Trinajstić information content (AvgIpc) is 2.15. The summed E-state index contributed by atoms with van der Waals surface area (Å²) in [5.74, 6) is 1.67. The van der Waals surface area contributed by atoms with Gasteiger partial charge in [-0.2, -0.15) is 0 Å². The van der Waals surface area contributed by atoms with E-state index in [-0.39, 0.29) is 5.41 Å². The van der Waals surface area contributed by atoms with Crippen molar-refractivity contribution in [2.24, 2.45) is 17.3 Å². The first-order valence-electron chi connectivity index (χ1n) is 6.62. The predicted molar refractivity (Wildman–Crippen MR) is 74.1 cm³/mol. The molecule has 2 heteroatoms. The van der Waals surface area contributed by atoms with E-state index in [4.69, 9.17) is 0 Å². The number of aliphatic hydroxyl groups excluding tert-OH is 1. The first kappa shape index (κ1) is 14.3. The molecule has 1 unspecified atom stereocenters. The van der Waals surface area contributed by atoms with E-state index in [0.29, 0.717) is 17.6 Å². The summed E-state index contributed by atoms with van der Waals surface area (Å²) >= 11 is 0. The summed E-state index contributed by atoms with van der Waals surface area (Å²) in [5, 5.41) is 9.72. The molecule has 3 atom stereocenters. The van der Waals surface area contributed by atoms with Crippen LogP contribution in [0.4, 0.5) is 0 Å². The van der Waals surface area contributed by atoms with Crippen LogP contribution in [0.3, 0.4) is 0 Å². The monoisotopic (exact) mass is 237 g/mol. The number of aliphatic hydroxyl groups is 1. The highest BCUT2D eigenvalue weighted by molar-refractivity contribution is 5.22. The maximum Gasteiger partial charge on any atom is 0.111 e. The molecular formula is C15H27NO. The minimum Gasteiger partial charge on any atom is -0.508 e. The lowest BCUT2D eigenvalue weighted by Crippen LogP contribution is -2.35. The molecule has 0 amide bonds. The molecule has 0 radical (unpaired) electrons. The molecule has 2 nitrogen and oxygen atoms in total. The van der Waals surface area contributed by atoms with Gasteiger partial charge in [0, 0.05) is 6.54 Å². The van der Waals surface area contributed by atoms with Gasteiger partial charge < -0.3 is 10.0 Å². The van der Waals surface area contributed by atoms with Gasteiger partial charge in [-0.1, -0.05) is 33.3 Å². The third-order valence-corrected chi connectivity index (χ3v) is 3.95. The zero-order chi connectivity index (χ0) is 13.1. The van der Waals surface area contributed by atoms with E-state index in [1.54, 1.807) is 0 Å². The van der Waals surface area contributed by atoms with Crippen molar-refractivity contribution in [1.82, 2.24) is 4.90 Å². The zero-order valence-electron chi connectivity index (χ0n) is 11.9. The number of hydrogen-bond donors (Lipinski definition) is 1. The second-order valence-corrected chi connectivity index (χ2v) is 5.94. The second-order valence-electron chi connectivity index (χ2n) is 5.94. The minimum atomic E-state index is 0.100. The van der Waals surface area contributed by atoms with Gasteiger partial charge in [0.15, 0.2) is 0 Å². The molecule has 0 fully saturated rings. The molecule has 1 aliphatic rings. The standard InChI is InChI=1S/C15H27NO/c1-6-14(12(2)11-16(4)5)15(3)9-7-8-13(17)10-15/h7-8,10,12,14,17H,6,9,11H2,1-5H3/t12-,14+,15?/m0/s1. The topological polar surface area (TPSA) is 23.5 Å². The third kappa shape index (κ3) is 3.60. The summed E-state index contributed by atoms with van der Waals surface area (Å²) in [4.78, 5) is 2.25. The van der Waals surface area contributed by atoms with Crippen LogP contribution in [0.25, 0.3) is 0 Å². The second kappa shape index (κ2) is 5.72. The molecular weight excluding hydrogens is 210 g/mol. The Hall–Kier alpha value is -0.760. The summed E-state index contributed by atoms with van der Waals surface area (Å²) in [6, 6.07) is 0. The summed E-state index contributed by atoms with van der Waals surface area (Å²) in [5.41, 5.74) is 0.100. The van der Waals surface area contributed by atoms with E-state index in [9.17, 15) is 5.11 Å². The molecule has 0 spiro atoms. The van der Waals surface area contributed by atoms with Crippen LogP contribution in [0.1, 0.15) is 33.6 Å². The molecule has 0 aromatic carbocycles. The van der Waals surface area contributed by atoms with Crippen molar-refractivity contribution < 1.29 is 5.11 Å². The van der Waals surface area contributed by atoms with Crippen molar-refractivity contribution in [3.8, 4) is 0 Å². The minimum absolute atomic E-state index is 0.100. The van der Waals surface area contributed by atoms with Crippen molar-refractivity contribution in [2.75, 3.05) is 20.6 Å². The molecule has 17 heavy (non-hydrogen) atoms. The van der Waals surface area contributed by atoms with E-state index >= 15 is 0 Å². The van der Waals surface area contributed by atoms with Gasteiger partial charge in [0.25, 0.3) is 0 Å². The van der Waals surface area contributed by atoms with Crippen molar-refractivity contribution in [1.29, 1.82) is 0 Å². The van der Waals surface area contributed by atoms with Crippen LogP contribution in [0.15, 0.2) is 24.0 Å². The molecule has 0 saturated carbocycles. The molecule has 1 rings (SSSR count). The molecule has 1 aliphatic carbocycles. The highest BCUT2D eigenvalue weighted by atomic mass is 16.3. The van der Waals surface area contributed by atoms with Gasteiger partial charge in [0.05, 0.1) is 0 Å². The zero-order valence-corrected chi connectivity index (χ0v) is 11.9. The highest BCUT2D eigenvalue weighted by Crippen LogP contribution is 2.42. The average molecular weight is 237 g/mol. The van der Waals surface area contributed by atoms with Crippen molar-refractivity contribution >= 4 is 0 Å². The van der Waals surface area contributed by atoms with Crippen LogP contribution < -0.4 is 0 Å². The fraction of sp³-hybridized carbons (Fsp3) is 0.733. The SMILES string of the molecule is CC[C@H]([C@@H](C)CN(C)C)C1(C)C=C(O)C=CC1. The Morgan fingerprint density at radius 1 is 1.47 bits per heavy atom. The van der Waals surface area contributed by atoms with Gasteiger partial charge in [-0.15, -0.1) is 0 Å². The summed E-state index contributed by atoms with van der Waals surface area (Å²) in [6.45, 7) is 7.95. The van der Waals surface area contributed by atoms with Crippen LogP contribution in [-0.4, -0.2) is 30.6 Å². The predicted octanol–water partition coefficient (Wildman–Crippen LogP) is 3.62. The molecule has 98 valence electrons. The Balaban J connectivity index is 2.83. The van der Waals surface area contributed by atoms with E-state index in [1.165, 1.54) is 0 Å². The Kier molecular flexibility index (Phi) is 4.81. The number of hydrogen-bond acceptors (Lipinski definition) is 2. The molecule has 0 bridgehead atoms. The van der Waals surface area contributed by atoms with E-state index in [0.717, 1.165) is 19.4 Å². The first-order chi connectivity index (χ1) is 7.89. The Morgan fingerprint density at radius 2 is 2.12 bits per heavy atom. The van der Waals surface area contributed by atoms with Crippen LogP contribution in [-0.2, 0) is 0 Å². The summed E-state index contributed by atoms with van der Waals surface area (Å²) in [6.07, 6.45) is 8.15. The van der Waals surface area contributed by atoms with E-state index < -0.39 is 0 Å². The molecule has 0 heterocycles. The number of allylic oxidation sites excluding steroid dienone is 3. The largest absolute Gasteiger partial charge is 0.508 e. The smallest absolute Gasteiger partial charge is 0.111 e. The molecule has 0 aromatic rings. The fourth-order valence-corrected chi connectivity index (χ4v) is 3.36. The van der Waals surface area contributed by atoms with Crippen molar-refractivity contribution in [2.45, 2.75) is 33.6 Å². The quantitative estimate of drug-likeness (QED) is 0.789. The Bertz CT molecular complexity index is 306. The van der Waals surface area contributed by atoms with E-state index in [1.807, 2.05) is 12.2 Å². The molecule has 1 N–H and O–H groups in total. The maximum atomic E-state index is 9.72. The lowest BCUT2D eigenvalue weighted by Gasteiger charge is -2.40. The van der Waals surface area contributed by atoms with Crippen LogP contribution in [0.5, 0.6) is 0 Å². The first-order valence-corrected chi connectivity index (χ1v) is 6.62. The lowest BCUT2D eigenvalue weighted by molar-refractivity contribution is 0.142. The number of nitrogens with zero attached hydrogens (tertiary/aromatic N) is 1. The van der Waals surface area contributed by atoms with E-state index in [2.05, 4.69) is 45.8 Å². The fourth-order valence-electron chi connectivity index (χ4n) is 3.36. The van der Waals surface area contributed by atoms with Gasteiger partial charge in [0.1, 0.15) is 5.76 Å². The van der Waals surface area contributed by atoms with Gasteiger partial charge in [0.2, 0.25) is 0 Å². The summed E-state index contributed by atoms with van der Waals surface area (Å²) < 4.78 is 0. The maximum absolute atomic E-state index is 9.72. The van der Waals surface area contributed by atoms with Crippen LogP contribution in [0, 0.1) is 17.3 Å². The van der Waals surface area contributed by atoms with Gasteiger partial charge in [-0.25, -0.2) is 0 Å². The Morgan fingerprint density at radius 3 is 2.59 bits per heavy atom. The molecule has 0 aromatic heterocycles. The van der Waals surface area contributed by atoms with Gasteiger partial charge in [-0.3, -0.25) is 0 Å². The third-order valence-electron chi connectivity index (χ3n) is 3.95. The van der Waals surface area contributed by atoms with Crippen molar-refractivity contribution in [3.05, 3.63) is 24.0 Å². The Labute approximate surface area is 106 Å². The lowest BCUT2D eigenvalue weighted by atomic mass is 9.66. The normalized spacial score (nSPS) is 28.0. The molecule has 0 aliphatic heterocycles. The number of rotatable bonds is 5. The van der Waals surface area contributed by atoms with Crippen LogP contribution >= 0.6 is 0 Å². The van der Waals surface area contributed by atoms with Crippen LogP contribution in [0.2, 0.25) is 0 Å². The van der Waals surface area contributed by atoms with Gasteiger partial charge in [-0.05, 0) is 49.9 Å².